The van der Waals surface area contributed by atoms with Gasteiger partial charge < -0.3 is 70.0 Å². The Balaban J connectivity index is 0. The molecule has 2 aromatic rings. The van der Waals surface area contributed by atoms with Crippen LogP contribution in [0.5, 0.6) is 0 Å². The van der Waals surface area contributed by atoms with Gasteiger partial charge in [-0.3, -0.25) is 14.4 Å². The van der Waals surface area contributed by atoms with Crippen LogP contribution in [0.4, 0.5) is 5.69 Å². The van der Waals surface area contributed by atoms with Gasteiger partial charge in [-0.05, 0) is 55.5 Å². The summed E-state index contributed by atoms with van der Waals surface area (Å²) in [6.45, 7) is 5.14. The molecule has 0 bridgehead atoms. The van der Waals surface area contributed by atoms with Crippen LogP contribution in [-0.2, 0) is 20.8 Å². The van der Waals surface area contributed by atoms with Gasteiger partial charge in [0.2, 0.25) is 17.7 Å². The Morgan fingerprint density at radius 3 is 1.95 bits per heavy atom. The standard InChI is InChI=1S/C26H38N6O3.3ClH/c1-18-14-19(2)16-21(15-18)30-26(35)23(9-8-20-6-4-3-5-7-20)31-25(34)22(29)17-24(33)32(12-10-27)13-11-28;;;/h3-7,14-16,22-23H,8-13,17,27-29H2,1-2H3,(H,30,35)(H,31,34);3*1H/p-3/t22-,23-;;;/m0.../s1. The molecule has 214 valence electrons. The Bertz CT molecular complexity index is 971. The maximum absolute atomic E-state index is 13.1. The molecule has 0 aromatic heterocycles. The van der Waals surface area contributed by atoms with Crippen molar-refractivity contribution in [1.29, 1.82) is 0 Å². The van der Waals surface area contributed by atoms with Crippen molar-refractivity contribution in [3.05, 3.63) is 65.2 Å². The number of carbonyl (C=O) groups excluding carboxylic acids is 3. The number of amides is 3. The Labute approximate surface area is 243 Å². The Kier molecular flexibility index (Phi) is 19.5. The van der Waals surface area contributed by atoms with E-state index in [9.17, 15) is 14.4 Å². The average molecular weight is 589 g/mol. The Hall–Kier alpha value is -2.40. The summed E-state index contributed by atoms with van der Waals surface area (Å²) in [5, 5.41) is 5.65. The van der Waals surface area contributed by atoms with Crippen LogP contribution in [0.25, 0.3) is 0 Å². The number of benzene rings is 2. The normalized spacial score (nSPS) is 11.5. The van der Waals surface area contributed by atoms with Crippen molar-refractivity contribution in [3.8, 4) is 0 Å². The van der Waals surface area contributed by atoms with E-state index in [0.29, 0.717) is 31.6 Å². The second-order valence-corrected chi connectivity index (χ2v) is 8.72. The summed E-state index contributed by atoms with van der Waals surface area (Å²) in [5.41, 5.74) is 20.9. The topological polar surface area (TPSA) is 157 Å². The zero-order valence-corrected chi connectivity index (χ0v) is 24.0. The van der Waals surface area contributed by atoms with Gasteiger partial charge in [0.15, 0.2) is 0 Å². The number of nitrogens with two attached hydrogens (primary N) is 3. The average Bonchev–Trinajstić information content (AvgIpc) is 2.81. The Morgan fingerprint density at radius 2 is 1.42 bits per heavy atom. The molecule has 38 heavy (non-hydrogen) atoms. The zero-order chi connectivity index (χ0) is 25.8. The van der Waals surface area contributed by atoms with Crippen molar-refractivity contribution >= 4 is 23.4 Å². The van der Waals surface area contributed by atoms with E-state index in [-0.39, 0.29) is 68.5 Å². The summed E-state index contributed by atoms with van der Waals surface area (Å²) in [4.78, 5) is 40.1. The van der Waals surface area contributed by atoms with Crippen LogP contribution in [0.2, 0.25) is 0 Å². The van der Waals surface area contributed by atoms with Crippen LogP contribution in [0.1, 0.15) is 29.5 Å². The van der Waals surface area contributed by atoms with Crippen LogP contribution < -0.4 is 65.1 Å². The molecule has 0 fully saturated rings. The fourth-order valence-corrected chi connectivity index (χ4v) is 3.86. The summed E-state index contributed by atoms with van der Waals surface area (Å²) in [5.74, 6) is -1.21. The molecule has 2 atom stereocenters. The minimum Gasteiger partial charge on any atom is -1.00 e. The quantitative estimate of drug-likeness (QED) is 0.156. The van der Waals surface area contributed by atoms with Gasteiger partial charge in [0.05, 0.1) is 12.5 Å². The van der Waals surface area contributed by atoms with E-state index in [2.05, 4.69) is 10.6 Å². The molecule has 0 saturated heterocycles. The summed E-state index contributed by atoms with van der Waals surface area (Å²) in [6, 6.07) is 13.5. The molecule has 12 heteroatoms. The number of nitrogens with one attached hydrogen (secondary N) is 2. The van der Waals surface area contributed by atoms with Crippen LogP contribution in [0.3, 0.4) is 0 Å². The molecular formula is C26H38Cl3N6O3-3. The summed E-state index contributed by atoms with van der Waals surface area (Å²) < 4.78 is 0. The lowest BCUT2D eigenvalue weighted by molar-refractivity contribution is -0.134. The van der Waals surface area contributed by atoms with Crippen molar-refractivity contribution in [2.24, 2.45) is 17.2 Å². The first-order valence-electron chi connectivity index (χ1n) is 11.9. The van der Waals surface area contributed by atoms with Gasteiger partial charge in [-0.25, -0.2) is 0 Å². The molecule has 0 radical (unpaired) electrons. The highest BCUT2D eigenvalue weighted by atomic mass is 35.5. The van der Waals surface area contributed by atoms with E-state index >= 15 is 0 Å². The molecule has 2 aromatic carbocycles. The molecule has 0 unspecified atom stereocenters. The third kappa shape index (κ3) is 12.9. The van der Waals surface area contributed by atoms with Gasteiger partial charge in [-0.1, -0.05) is 36.4 Å². The minimum absolute atomic E-state index is 0. The highest BCUT2D eigenvalue weighted by Gasteiger charge is 2.26. The van der Waals surface area contributed by atoms with E-state index in [1.165, 1.54) is 4.90 Å². The lowest BCUT2D eigenvalue weighted by Crippen LogP contribution is -3.00. The molecule has 2 rings (SSSR count). The minimum atomic E-state index is -1.10. The molecule has 0 spiro atoms. The lowest BCUT2D eigenvalue weighted by Gasteiger charge is -2.24. The van der Waals surface area contributed by atoms with Gasteiger partial charge in [0, 0.05) is 31.9 Å². The molecule has 0 aliphatic rings. The predicted molar refractivity (Wildman–Crippen MR) is 139 cm³/mol. The first-order chi connectivity index (χ1) is 16.7. The van der Waals surface area contributed by atoms with Crippen molar-refractivity contribution in [2.45, 2.75) is 45.2 Å². The van der Waals surface area contributed by atoms with Crippen molar-refractivity contribution < 1.29 is 51.6 Å². The van der Waals surface area contributed by atoms with Crippen LogP contribution >= 0.6 is 0 Å². The van der Waals surface area contributed by atoms with Gasteiger partial charge >= 0.3 is 0 Å². The largest absolute Gasteiger partial charge is 1.00 e. The molecule has 0 saturated carbocycles. The van der Waals surface area contributed by atoms with E-state index < -0.39 is 18.0 Å². The maximum atomic E-state index is 13.1. The molecule has 3 amide bonds. The highest BCUT2D eigenvalue weighted by molar-refractivity contribution is 5.98. The predicted octanol–water partition coefficient (Wildman–Crippen LogP) is -8.17. The number of anilines is 1. The van der Waals surface area contributed by atoms with Crippen LogP contribution in [0.15, 0.2) is 48.5 Å². The summed E-state index contributed by atoms with van der Waals surface area (Å²) in [7, 11) is 0. The third-order valence-corrected chi connectivity index (χ3v) is 5.57. The first kappa shape index (κ1) is 37.8. The highest BCUT2D eigenvalue weighted by Crippen LogP contribution is 2.15. The molecule has 0 heterocycles. The van der Waals surface area contributed by atoms with Gasteiger partial charge in [0.1, 0.15) is 6.04 Å². The fraction of sp³-hybridized carbons (Fsp3) is 0.423. The van der Waals surface area contributed by atoms with Crippen LogP contribution in [0, 0.1) is 13.8 Å². The molecule has 9 nitrogen and oxygen atoms in total. The van der Waals surface area contributed by atoms with E-state index in [1.54, 1.807) is 0 Å². The number of carbonyl (C=O) groups is 3. The molecule has 8 N–H and O–H groups in total. The van der Waals surface area contributed by atoms with Crippen LogP contribution in [-0.4, -0.2) is 60.9 Å². The van der Waals surface area contributed by atoms with E-state index in [1.807, 2.05) is 62.4 Å². The molecule has 0 aliphatic carbocycles. The number of nitrogens with zero attached hydrogens (tertiary/aromatic N) is 1. The van der Waals surface area contributed by atoms with Gasteiger partial charge in [0.25, 0.3) is 0 Å². The first-order valence-corrected chi connectivity index (χ1v) is 11.9. The third-order valence-electron chi connectivity index (χ3n) is 5.57. The lowest BCUT2D eigenvalue weighted by atomic mass is 10.0. The van der Waals surface area contributed by atoms with Crippen molar-refractivity contribution in [1.82, 2.24) is 10.2 Å². The van der Waals surface area contributed by atoms with E-state index in [4.69, 9.17) is 17.2 Å². The van der Waals surface area contributed by atoms with Crippen molar-refractivity contribution in [2.75, 3.05) is 31.5 Å². The number of rotatable bonds is 13. The molecular weight excluding hydrogens is 551 g/mol. The number of hydrogen-bond acceptors (Lipinski definition) is 6. The number of hydrogen-bond donors (Lipinski definition) is 5. The number of aryl methyl sites for hydroxylation is 3. The SMILES string of the molecule is Cc1cc(C)cc(NC(=O)[C@H](CCc2ccccc2)NC(=O)[C@@H](N)CC(=O)N(CCN)CCN)c1.[Cl-].[Cl-].[Cl-]. The molecule has 0 aliphatic heterocycles. The Morgan fingerprint density at radius 1 is 0.868 bits per heavy atom. The monoisotopic (exact) mass is 587 g/mol. The van der Waals surface area contributed by atoms with Gasteiger partial charge in [-0.2, -0.15) is 0 Å². The second kappa shape index (κ2) is 19.6. The fourth-order valence-electron chi connectivity index (χ4n) is 3.86. The maximum Gasteiger partial charge on any atom is 0.246 e. The summed E-state index contributed by atoms with van der Waals surface area (Å²) >= 11 is 0. The smallest absolute Gasteiger partial charge is 0.246 e. The van der Waals surface area contributed by atoms with E-state index in [0.717, 1.165) is 16.7 Å². The summed E-state index contributed by atoms with van der Waals surface area (Å²) in [6.07, 6.45) is 0.760. The number of halogens is 3. The van der Waals surface area contributed by atoms with Gasteiger partial charge in [-0.15, -0.1) is 0 Å². The van der Waals surface area contributed by atoms with Crippen molar-refractivity contribution in [3.63, 3.8) is 0 Å². The zero-order valence-electron chi connectivity index (χ0n) is 21.8. The second-order valence-electron chi connectivity index (χ2n) is 8.72.